The van der Waals surface area contributed by atoms with E-state index in [1.807, 2.05) is 54.6 Å². The minimum absolute atomic E-state index is 0.0418. The Hall–Kier alpha value is -2.44. The van der Waals surface area contributed by atoms with Crippen LogP contribution in [0.3, 0.4) is 0 Å². The molecule has 1 aliphatic rings. The van der Waals surface area contributed by atoms with E-state index in [4.69, 9.17) is 0 Å². The molecule has 1 amide bonds. The molecule has 0 saturated carbocycles. The Morgan fingerprint density at radius 3 is 2.46 bits per heavy atom. The molecule has 6 heteroatoms. The first-order chi connectivity index (χ1) is 13.5. The van der Waals surface area contributed by atoms with Gasteiger partial charge in [-0.3, -0.25) is 4.79 Å². The molecule has 1 unspecified atom stereocenters. The summed E-state index contributed by atoms with van der Waals surface area (Å²) in [5.74, 6) is -0.0496. The highest BCUT2D eigenvalue weighted by Crippen LogP contribution is 2.21. The molecule has 1 aliphatic heterocycles. The van der Waals surface area contributed by atoms with Crippen molar-refractivity contribution in [2.45, 2.75) is 12.8 Å². The summed E-state index contributed by atoms with van der Waals surface area (Å²) >= 11 is 0. The Morgan fingerprint density at radius 2 is 1.79 bits per heavy atom. The number of rotatable bonds is 7. The van der Waals surface area contributed by atoms with Crippen molar-refractivity contribution in [3.63, 3.8) is 0 Å². The van der Waals surface area contributed by atoms with Gasteiger partial charge in [0, 0.05) is 25.2 Å². The highest BCUT2D eigenvalue weighted by atomic mass is 32.2. The molecule has 0 bridgehead atoms. The summed E-state index contributed by atoms with van der Waals surface area (Å²) in [7, 11) is -3.29. The third kappa shape index (κ3) is 5.09. The second-order valence-electron chi connectivity index (χ2n) is 7.09. The van der Waals surface area contributed by atoms with Gasteiger partial charge in [0.1, 0.15) is 0 Å². The molecule has 2 aromatic rings. The molecule has 3 rings (SSSR count). The lowest BCUT2D eigenvalue weighted by Crippen LogP contribution is -2.44. The summed E-state index contributed by atoms with van der Waals surface area (Å²) in [6, 6.07) is 17.5. The van der Waals surface area contributed by atoms with Crippen molar-refractivity contribution in [1.29, 1.82) is 0 Å². The maximum atomic E-state index is 12.5. The molecule has 1 fully saturated rings. The summed E-state index contributed by atoms with van der Waals surface area (Å²) in [4.78, 5) is 12.5. The average Bonchev–Trinajstić information content (AvgIpc) is 2.73. The van der Waals surface area contributed by atoms with Crippen molar-refractivity contribution in [2.24, 2.45) is 5.92 Å². The molecule has 0 spiro atoms. The van der Waals surface area contributed by atoms with Gasteiger partial charge in [-0.15, -0.1) is 6.58 Å². The predicted molar refractivity (Wildman–Crippen MR) is 112 cm³/mol. The third-order valence-electron chi connectivity index (χ3n) is 5.01. The summed E-state index contributed by atoms with van der Waals surface area (Å²) in [5, 5.41) is 2.95. The molecular weight excluding hydrogens is 372 g/mol. The molecule has 0 radical (unpaired) electrons. The standard InChI is InChI=1S/C22H26N2O3S/c1-2-15-28(26,27)24-14-6-7-18(17-24)16-23-22(25)21-12-10-20(11-13-21)19-8-4-3-5-9-19/h2-5,8-13,18H,1,6-7,14-17H2,(H,23,25). The van der Waals surface area contributed by atoms with Gasteiger partial charge in [-0.05, 0) is 42.0 Å². The summed E-state index contributed by atoms with van der Waals surface area (Å²) < 4.78 is 25.9. The van der Waals surface area contributed by atoms with Crippen molar-refractivity contribution < 1.29 is 13.2 Å². The highest BCUT2D eigenvalue weighted by Gasteiger charge is 2.28. The second-order valence-corrected chi connectivity index (χ2v) is 9.10. The molecule has 1 N–H and O–H groups in total. The number of sulfonamides is 1. The fourth-order valence-electron chi connectivity index (χ4n) is 3.48. The Kier molecular flexibility index (Phi) is 6.65. The first-order valence-electron chi connectivity index (χ1n) is 9.52. The van der Waals surface area contributed by atoms with E-state index in [2.05, 4.69) is 11.9 Å². The SMILES string of the molecule is C=CCS(=O)(=O)N1CCCC(CNC(=O)c2ccc(-c3ccccc3)cc2)C1. The van der Waals surface area contributed by atoms with Gasteiger partial charge in [-0.25, -0.2) is 12.7 Å². The molecule has 5 nitrogen and oxygen atoms in total. The maximum Gasteiger partial charge on any atom is 0.251 e. The number of carbonyl (C=O) groups is 1. The molecule has 2 aromatic carbocycles. The van der Waals surface area contributed by atoms with Crippen LogP contribution >= 0.6 is 0 Å². The van der Waals surface area contributed by atoms with Gasteiger partial charge in [-0.2, -0.15) is 0 Å². The van der Waals surface area contributed by atoms with Gasteiger partial charge in [-0.1, -0.05) is 48.5 Å². The van der Waals surface area contributed by atoms with Crippen LogP contribution in [0.2, 0.25) is 0 Å². The lowest BCUT2D eigenvalue weighted by atomic mass is 9.99. The predicted octanol–water partition coefficient (Wildman–Crippen LogP) is 3.31. The third-order valence-corrected chi connectivity index (χ3v) is 6.78. The number of nitrogens with one attached hydrogen (secondary N) is 1. The van der Waals surface area contributed by atoms with Gasteiger partial charge in [0.2, 0.25) is 10.0 Å². The van der Waals surface area contributed by atoms with E-state index in [1.54, 1.807) is 0 Å². The van der Waals surface area contributed by atoms with Gasteiger partial charge in [0.05, 0.1) is 5.75 Å². The van der Waals surface area contributed by atoms with E-state index >= 15 is 0 Å². The number of hydrogen-bond donors (Lipinski definition) is 1. The lowest BCUT2D eigenvalue weighted by Gasteiger charge is -2.31. The number of nitrogens with zero attached hydrogens (tertiary/aromatic N) is 1. The molecular formula is C22H26N2O3S. The molecule has 0 aromatic heterocycles. The summed E-state index contributed by atoms with van der Waals surface area (Å²) in [5.41, 5.74) is 2.77. The van der Waals surface area contributed by atoms with Crippen LogP contribution < -0.4 is 5.32 Å². The fraction of sp³-hybridized carbons (Fsp3) is 0.318. The Balaban J connectivity index is 1.56. The Labute approximate surface area is 167 Å². The highest BCUT2D eigenvalue weighted by molar-refractivity contribution is 7.89. The van der Waals surface area contributed by atoms with Crippen LogP contribution in [-0.2, 0) is 10.0 Å². The largest absolute Gasteiger partial charge is 0.352 e. The van der Waals surface area contributed by atoms with E-state index in [0.717, 1.165) is 24.0 Å². The number of amides is 1. The lowest BCUT2D eigenvalue weighted by molar-refractivity contribution is 0.0941. The normalized spacial score (nSPS) is 17.8. The second kappa shape index (κ2) is 9.17. The van der Waals surface area contributed by atoms with Crippen LogP contribution in [0, 0.1) is 5.92 Å². The first kappa shape index (κ1) is 20.3. The van der Waals surface area contributed by atoms with Crippen molar-refractivity contribution >= 4 is 15.9 Å². The zero-order valence-corrected chi connectivity index (χ0v) is 16.7. The van der Waals surface area contributed by atoms with Gasteiger partial charge in [0.25, 0.3) is 5.91 Å². The zero-order chi connectivity index (χ0) is 20.0. The topological polar surface area (TPSA) is 66.5 Å². The number of hydrogen-bond acceptors (Lipinski definition) is 3. The number of piperidine rings is 1. The van der Waals surface area contributed by atoms with Crippen molar-refractivity contribution in [2.75, 3.05) is 25.4 Å². The first-order valence-corrected chi connectivity index (χ1v) is 11.1. The monoisotopic (exact) mass is 398 g/mol. The van der Waals surface area contributed by atoms with E-state index in [-0.39, 0.29) is 17.6 Å². The van der Waals surface area contributed by atoms with Crippen LogP contribution in [0.4, 0.5) is 0 Å². The Bertz CT molecular complexity index is 909. The average molecular weight is 399 g/mol. The number of carbonyl (C=O) groups excluding carboxylic acids is 1. The summed E-state index contributed by atoms with van der Waals surface area (Å²) in [6.45, 7) is 4.98. The maximum absolute atomic E-state index is 12.5. The minimum Gasteiger partial charge on any atom is -0.352 e. The van der Waals surface area contributed by atoms with Gasteiger partial charge in [0.15, 0.2) is 0 Å². The number of benzene rings is 2. The minimum atomic E-state index is -3.29. The molecule has 1 saturated heterocycles. The smallest absolute Gasteiger partial charge is 0.251 e. The molecule has 28 heavy (non-hydrogen) atoms. The van der Waals surface area contributed by atoms with Crippen molar-refractivity contribution in [1.82, 2.24) is 9.62 Å². The van der Waals surface area contributed by atoms with E-state index in [9.17, 15) is 13.2 Å². The van der Waals surface area contributed by atoms with Gasteiger partial charge < -0.3 is 5.32 Å². The van der Waals surface area contributed by atoms with Crippen LogP contribution in [-0.4, -0.2) is 44.0 Å². The zero-order valence-electron chi connectivity index (χ0n) is 15.9. The van der Waals surface area contributed by atoms with E-state index < -0.39 is 10.0 Å². The quantitative estimate of drug-likeness (QED) is 0.728. The summed E-state index contributed by atoms with van der Waals surface area (Å²) in [6.07, 6.45) is 3.13. The van der Waals surface area contributed by atoms with Crippen molar-refractivity contribution in [3.8, 4) is 11.1 Å². The van der Waals surface area contributed by atoms with Crippen LogP contribution in [0.25, 0.3) is 11.1 Å². The Morgan fingerprint density at radius 1 is 1.11 bits per heavy atom. The van der Waals surface area contributed by atoms with Crippen LogP contribution in [0.5, 0.6) is 0 Å². The van der Waals surface area contributed by atoms with E-state index in [1.165, 1.54) is 10.4 Å². The van der Waals surface area contributed by atoms with Crippen LogP contribution in [0.1, 0.15) is 23.2 Å². The fourth-order valence-corrected chi connectivity index (χ4v) is 4.84. The van der Waals surface area contributed by atoms with Crippen LogP contribution in [0.15, 0.2) is 67.3 Å². The van der Waals surface area contributed by atoms with Crippen molar-refractivity contribution in [3.05, 3.63) is 72.8 Å². The molecule has 1 atom stereocenters. The molecule has 148 valence electrons. The van der Waals surface area contributed by atoms with E-state index in [0.29, 0.717) is 25.2 Å². The molecule has 1 heterocycles. The van der Waals surface area contributed by atoms with Gasteiger partial charge >= 0.3 is 0 Å². The molecule has 0 aliphatic carbocycles.